The van der Waals surface area contributed by atoms with E-state index < -0.39 is 0 Å². The maximum Gasteiger partial charge on any atom is 0.0680 e. The van der Waals surface area contributed by atoms with Crippen LogP contribution in [0.1, 0.15) is 19.3 Å². The van der Waals surface area contributed by atoms with Gasteiger partial charge < -0.3 is 20.5 Å². The Hall–Kier alpha value is 0.130. The number of hydrogen-bond acceptors (Lipinski definition) is 4. The Kier molecular flexibility index (Phi) is 5.86. The molecule has 2 aliphatic heterocycles. The van der Waals surface area contributed by atoms with Gasteiger partial charge in [0.2, 0.25) is 0 Å². The molecule has 0 bridgehead atoms. The third-order valence-corrected chi connectivity index (χ3v) is 3.01. The van der Waals surface area contributed by atoms with E-state index in [0.717, 1.165) is 32.7 Å². The van der Waals surface area contributed by atoms with E-state index in [0.29, 0.717) is 12.1 Å². The number of ether oxygens (including phenoxy) is 1. The molecule has 2 heterocycles. The molecule has 0 radical (unpaired) electrons. The molecule has 0 aromatic carbocycles. The van der Waals surface area contributed by atoms with Crippen LogP contribution in [-0.4, -0.2) is 49.6 Å². The minimum absolute atomic E-state index is 0. The zero-order valence-electron chi connectivity index (χ0n) is 8.95. The zero-order valence-corrected chi connectivity index (χ0v) is 9.76. The molecule has 2 fully saturated rings. The number of nitrogens with one attached hydrogen (secondary N) is 2. The van der Waals surface area contributed by atoms with E-state index in [2.05, 4.69) is 10.6 Å². The summed E-state index contributed by atoms with van der Waals surface area (Å²) < 4.78 is 5.39. The third kappa shape index (κ3) is 4.25. The molecule has 2 saturated heterocycles. The van der Waals surface area contributed by atoms with Crippen molar-refractivity contribution in [2.75, 3.05) is 26.3 Å². The van der Waals surface area contributed by atoms with E-state index in [-0.39, 0.29) is 18.5 Å². The fourth-order valence-electron chi connectivity index (χ4n) is 2.16. The van der Waals surface area contributed by atoms with Crippen molar-refractivity contribution in [3.63, 3.8) is 0 Å². The summed E-state index contributed by atoms with van der Waals surface area (Å²) in [5.74, 6) is 0. The first kappa shape index (κ1) is 13.2. The first-order valence-corrected chi connectivity index (χ1v) is 5.57. The van der Waals surface area contributed by atoms with Crippen molar-refractivity contribution < 1.29 is 9.84 Å². The Labute approximate surface area is 97.2 Å². The number of halogens is 1. The molecule has 0 amide bonds. The molecule has 0 aliphatic carbocycles. The second-order valence-corrected chi connectivity index (χ2v) is 4.32. The van der Waals surface area contributed by atoms with Crippen LogP contribution in [0.25, 0.3) is 0 Å². The van der Waals surface area contributed by atoms with Gasteiger partial charge in [0.25, 0.3) is 0 Å². The summed E-state index contributed by atoms with van der Waals surface area (Å²) in [4.78, 5) is 0. The highest BCUT2D eigenvalue weighted by Gasteiger charge is 2.22. The van der Waals surface area contributed by atoms with Crippen LogP contribution in [-0.2, 0) is 4.74 Å². The van der Waals surface area contributed by atoms with Crippen LogP contribution in [0.2, 0.25) is 0 Å². The highest BCUT2D eigenvalue weighted by molar-refractivity contribution is 5.85. The lowest BCUT2D eigenvalue weighted by molar-refractivity contribution is 0.0697. The maximum atomic E-state index is 9.32. The minimum atomic E-state index is -0.149. The smallest absolute Gasteiger partial charge is 0.0680 e. The molecule has 5 heteroatoms. The first-order chi connectivity index (χ1) is 6.84. The summed E-state index contributed by atoms with van der Waals surface area (Å²) in [6.07, 6.45) is 3.11. The molecule has 2 aliphatic rings. The second-order valence-electron chi connectivity index (χ2n) is 4.32. The lowest BCUT2D eigenvalue weighted by Crippen LogP contribution is -2.43. The quantitative estimate of drug-likeness (QED) is 0.641. The molecule has 3 N–H and O–H groups in total. The van der Waals surface area contributed by atoms with Gasteiger partial charge in [-0.15, -0.1) is 12.4 Å². The van der Waals surface area contributed by atoms with Crippen molar-refractivity contribution in [1.29, 1.82) is 0 Å². The SMILES string of the molecule is Cl.O[C@H]1CN[C@H](CNC2CCCOC2)C1. The van der Waals surface area contributed by atoms with Crippen molar-refractivity contribution in [3.8, 4) is 0 Å². The molecule has 3 atom stereocenters. The summed E-state index contributed by atoms with van der Waals surface area (Å²) in [6, 6.07) is 0.954. The van der Waals surface area contributed by atoms with E-state index in [9.17, 15) is 5.11 Å². The number of aliphatic hydroxyl groups is 1. The summed E-state index contributed by atoms with van der Waals surface area (Å²) >= 11 is 0. The number of aliphatic hydroxyl groups excluding tert-OH is 1. The highest BCUT2D eigenvalue weighted by Crippen LogP contribution is 2.08. The van der Waals surface area contributed by atoms with Crippen molar-refractivity contribution in [2.45, 2.75) is 37.5 Å². The summed E-state index contributed by atoms with van der Waals surface area (Å²) in [7, 11) is 0. The molecule has 0 spiro atoms. The molecule has 15 heavy (non-hydrogen) atoms. The van der Waals surface area contributed by atoms with Crippen LogP contribution >= 0.6 is 12.4 Å². The number of rotatable bonds is 3. The minimum Gasteiger partial charge on any atom is -0.392 e. The molecule has 1 unspecified atom stereocenters. The molecule has 0 aromatic heterocycles. The van der Waals surface area contributed by atoms with Crippen LogP contribution in [0.4, 0.5) is 0 Å². The Bertz CT molecular complexity index is 172. The summed E-state index contributed by atoms with van der Waals surface area (Å²) in [5.41, 5.74) is 0. The van der Waals surface area contributed by atoms with Crippen molar-refractivity contribution in [3.05, 3.63) is 0 Å². The van der Waals surface area contributed by atoms with Gasteiger partial charge in [-0.05, 0) is 19.3 Å². The van der Waals surface area contributed by atoms with Crippen molar-refractivity contribution in [2.24, 2.45) is 0 Å². The largest absolute Gasteiger partial charge is 0.392 e. The van der Waals surface area contributed by atoms with Crippen molar-refractivity contribution >= 4 is 12.4 Å². The average Bonchev–Trinajstić information content (AvgIpc) is 2.63. The maximum absolute atomic E-state index is 9.32. The molecule has 90 valence electrons. The van der Waals surface area contributed by atoms with Gasteiger partial charge in [-0.1, -0.05) is 0 Å². The second kappa shape index (κ2) is 6.66. The van der Waals surface area contributed by atoms with E-state index in [1.807, 2.05) is 0 Å². The Morgan fingerprint density at radius 1 is 1.47 bits per heavy atom. The van der Waals surface area contributed by atoms with Gasteiger partial charge in [-0.3, -0.25) is 0 Å². The van der Waals surface area contributed by atoms with Gasteiger partial charge in [-0.2, -0.15) is 0 Å². The molecule has 0 saturated carbocycles. The Balaban J connectivity index is 0.00000112. The first-order valence-electron chi connectivity index (χ1n) is 5.57. The highest BCUT2D eigenvalue weighted by atomic mass is 35.5. The van der Waals surface area contributed by atoms with Gasteiger partial charge >= 0.3 is 0 Å². The average molecular weight is 237 g/mol. The van der Waals surface area contributed by atoms with Crippen molar-refractivity contribution in [1.82, 2.24) is 10.6 Å². The van der Waals surface area contributed by atoms with E-state index in [1.165, 1.54) is 12.8 Å². The number of β-amino-alcohol motifs (C(OH)–C–C–N with tert-alkyl or cyclic N) is 1. The predicted octanol–water partition coefficient (Wildman–Crippen LogP) is -0.100. The number of hydrogen-bond donors (Lipinski definition) is 3. The van der Waals surface area contributed by atoms with Gasteiger partial charge in [0.15, 0.2) is 0 Å². The van der Waals surface area contributed by atoms with E-state index in [1.54, 1.807) is 0 Å². The Morgan fingerprint density at radius 3 is 2.93 bits per heavy atom. The van der Waals surface area contributed by atoms with Crippen LogP contribution in [0.5, 0.6) is 0 Å². The van der Waals surface area contributed by atoms with Crippen LogP contribution in [0.3, 0.4) is 0 Å². The molecule has 2 rings (SSSR count). The van der Waals surface area contributed by atoms with E-state index >= 15 is 0 Å². The van der Waals surface area contributed by atoms with Crippen LogP contribution in [0.15, 0.2) is 0 Å². The van der Waals surface area contributed by atoms with Gasteiger partial charge in [0.05, 0.1) is 12.7 Å². The lowest BCUT2D eigenvalue weighted by Gasteiger charge is -2.24. The topological polar surface area (TPSA) is 53.5 Å². The summed E-state index contributed by atoms with van der Waals surface area (Å²) in [6.45, 7) is 3.45. The van der Waals surface area contributed by atoms with Gasteiger partial charge in [0, 0.05) is 31.8 Å². The van der Waals surface area contributed by atoms with Gasteiger partial charge in [0.1, 0.15) is 0 Å². The molecular weight excluding hydrogens is 216 g/mol. The fraction of sp³-hybridized carbons (Fsp3) is 1.00. The van der Waals surface area contributed by atoms with E-state index in [4.69, 9.17) is 4.74 Å². The monoisotopic (exact) mass is 236 g/mol. The molecular formula is C10H21ClN2O2. The third-order valence-electron chi connectivity index (χ3n) is 3.01. The zero-order chi connectivity index (χ0) is 9.80. The van der Waals surface area contributed by atoms with Crippen LogP contribution < -0.4 is 10.6 Å². The predicted molar refractivity (Wildman–Crippen MR) is 61.5 cm³/mol. The fourth-order valence-corrected chi connectivity index (χ4v) is 2.16. The lowest BCUT2D eigenvalue weighted by atomic mass is 10.1. The molecule has 0 aromatic rings. The normalized spacial score (nSPS) is 36.2. The van der Waals surface area contributed by atoms with Gasteiger partial charge in [-0.25, -0.2) is 0 Å². The standard InChI is InChI=1S/C10H20N2O2.ClH/c13-10-4-9(12-6-10)5-11-8-2-1-3-14-7-8;/h8-13H,1-7H2;1H/t8?,9-,10+;/m0./s1. The molecule has 4 nitrogen and oxygen atoms in total. The van der Waals surface area contributed by atoms with Crippen LogP contribution in [0, 0.1) is 0 Å². The summed E-state index contributed by atoms with van der Waals surface area (Å²) in [5, 5.41) is 16.1. The Morgan fingerprint density at radius 2 is 2.33 bits per heavy atom.